The fourth-order valence-corrected chi connectivity index (χ4v) is 2.17. The highest BCUT2D eigenvalue weighted by atomic mass is 19.4. The van der Waals surface area contributed by atoms with Gasteiger partial charge in [-0.1, -0.05) is 12.1 Å². The van der Waals surface area contributed by atoms with Crippen LogP contribution in [0.25, 0.3) is 5.69 Å². The van der Waals surface area contributed by atoms with Crippen LogP contribution in [0, 0.1) is 0 Å². The summed E-state index contributed by atoms with van der Waals surface area (Å²) in [7, 11) is 0. The average Bonchev–Trinajstić information content (AvgIpc) is 3.07. The number of alkyl halides is 3. The molecule has 1 heterocycles. The number of rotatable bonds is 4. The standard InChI is InChI=1S/C17H14F3N3/c18-17(19,20)14-4-2-13(3-5-14)12-21-15-6-8-16(9-7-15)23-11-1-10-22-23/h1-11,21H,12H2. The third-order valence-corrected chi connectivity index (χ3v) is 3.41. The lowest BCUT2D eigenvalue weighted by Crippen LogP contribution is -2.05. The van der Waals surface area contributed by atoms with E-state index in [0.717, 1.165) is 29.1 Å². The molecule has 23 heavy (non-hydrogen) atoms. The third kappa shape index (κ3) is 3.71. The van der Waals surface area contributed by atoms with E-state index < -0.39 is 11.7 Å². The lowest BCUT2D eigenvalue weighted by molar-refractivity contribution is -0.137. The zero-order valence-electron chi connectivity index (χ0n) is 12.1. The fourth-order valence-electron chi connectivity index (χ4n) is 2.17. The van der Waals surface area contributed by atoms with Gasteiger partial charge in [0.1, 0.15) is 0 Å². The summed E-state index contributed by atoms with van der Waals surface area (Å²) < 4.78 is 39.3. The molecule has 0 radical (unpaired) electrons. The Hall–Kier alpha value is -2.76. The Balaban J connectivity index is 1.62. The predicted octanol–water partition coefficient (Wildman–Crippen LogP) is 4.50. The Labute approximate surface area is 131 Å². The Kier molecular flexibility index (Phi) is 4.06. The highest BCUT2D eigenvalue weighted by molar-refractivity contribution is 5.48. The van der Waals surface area contributed by atoms with Crippen LogP contribution in [0.4, 0.5) is 18.9 Å². The number of anilines is 1. The van der Waals surface area contributed by atoms with Gasteiger partial charge in [-0.2, -0.15) is 18.3 Å². The van der Waals surface area contributed by atoms with Crippen LogP contribution in [0.1, 0.15) is 11.1 Å². The summed E-state index contributed by atoms with van der Waals surface area (Å²) in [4.78, 5) is 0. The number of aromatic nitrogens is 2. The zero-order valence-corrected chi connectivity index (χ0v) is 12.1. The lowest BCUT2D eigenvalue weighted by Gasteiger charge is -2.10. The molecule has 0 saturated carbocycles. The molecule has 3 aromatic rings. The molecule has 1 aromatic heterocycles. The van der Waals surface area contributed by atoms with Gasteiger partial charge in [0, 0.05) is 24.6 Å². The van der Waals surface area contributed by atoms with Crippen molar-refractivity contribution >= 4 is 5.69 Å². The summed E-state index contributed by atoms with van der Waals surface area (Å²) in [6.07, 6.45) is -0.740. The first-order valence-corrected chi connectivity index (χ1v) is 7.02. The molecule has 0 fully saturated rings. The average molecular weight is 317 g/mol. The monoisotopic (exact) mass is 317 g/mol. The van der Waals surface area contributed by atoms with E-state index in [9.17, 15) is 13.2 Å². The molecule has 6 heteroatoms. The molecule has 0 unspecified atom stereocenters. The van der Waals surface area contributed by atoms with Gasteiger partial charge in [-0.05, 0) is 48.0 Å². The molecule has 3 rings (SSSR count). The van der Waals surface area contributed by atoms with Crippen LogP contribution < -0.4 is 5.32 Å². The van der Waals surface area contributed by atoms with E-state index in [0.29, 0.717) is 6.54 Å². The van der Waals surface area contributed by atoms with E-state index in [-0.39, 0.29) is 0 Å². The van der Waals surface area contributed by atoms with E-state index in [2.05, 4.69) is 10.4 Å². The van der Waals surface area contributed by atoms with Crippen LogP contribution in [-0.2, 0) is 12.7 Å². The van der Waals surface area contributed by atoms with Gasteiger partial charge in [0.25, 0.3) is 0 Å². The van der Waals surface area contributed by atoms with Crippen molar-refractivity contribution in [1.82, 2.24) is 9.78 Å². The summed E-state index contributed by atoms with van der Waals surface area (Å²) in [6, 6.07) is 14.6. The minimum Gasteiger partial charge on any atom is -0.381 e. The number of benzene rings is 2. The predicted molar refractivity (Wildman–Crippen MR) is 82.3 cm³/mol. The maximum absolute atomic E-state index is 12.5. The molecule has 0 bridgehead atoms. The second kappa shape index (κ2) is 6.16. The summed E-state index contributed by atoms with van der Waals surface area (Å²) in [5.41, 5.74) is 1.98. The van der Waals surface area contributed by atoms with Gasteiger partial charge in [0.05, 0.1) is 11.3 Å². The highest BCUT2D eigenvalue weighted by Gasteiger charge is 2.29. The topological polar surface area (TPSA) is 29.9 Å². The second-order valence-electron chi connectivity index (χ2n) is 5.05. The summed E-state index contributed by atoms with van der Waals surface area (Å²) >= 11 is 0. The minimum atomic E-state index is -4.30. The normalized spacial score (nSPS) is 11.4. The van der Waals surface area contributed by atoms with Gasteiger partial charge in [-0.15, -0.1) is 0 Å². The first kappa shape index (κ1) is 15.1. The largest absolute Gasteiger partial charge is 0.416 e. The Morgan fingerprint density at radius 2 is 1.65 bits per heavy atom. The highest BCUT2D eigenvalue weighted by Crippen LogP contribution is 2.29. The van der Waals surface area contributed by atoms with E-state index in [1.54, 1.807) is 10.9 Å². The van der Waals surface area contributed by atoms with Crippen molar-refractivity contribution in [3.63, 3.8) is 0 Å². The van der Waals surface area contributed by atoms with Gasteiger partial charge in [0.2, 0.25) is 0 Å². The van der Waals surface area contributed by atoms with Crippen LogP contribution in [0.5, 0.6) is 0 Å². The molecular formula is C17H14F3N3. The van der Waals surface area contributed by atoms with E-state index in [1.165, 1.54) is 12.1 Å². The number of nitrogens with one attached hydrogen (secondary N) is 1. The SMILES string of the molecule is FC(F)(F)c1ccc(CNc2ccc(-n3cccn3)cc2)cc1. The molecule has 0 spiro atoms. The molecule has 0 amide bonds. The van der Waals surface area contributed by atoms with Crippen LogP contribution in [0.2, 0.25) is 0 Å². The molecule has 0 saturated heterocycles. The van der Waals surface area contributed by atoms with Crippen molar-refractivity contribution in [2.75, 3.05) is 5.32 Å². The maximum Gasteiger partial charge on any atom is 0.416 e. The van der Waals surface area contributed by atoms with Crippen LogP contribution in [-0.4, -0.2) is 9.78 Å². The number of halogens is 3. The van der Waals surface area contributed by atoms with Gasteiger partial charge in [0.15, 0.2) is 0 Å². The van der Waals surface area contributed by atoms with E-state index in [4.69, 9.17) is 0 Å². The summed E-state index contributed by atoms with van der Waals surface area (Å²) in [5.74, 6) is 0. The first-order valence-electron chi connectivity index (χ1n) is 7.02. The molecule has 2 aromatic carbocycles. The van der Waals surface area contributed by atoms with E-state index in [1.807, 2.05) is 36.5 Å². The van der Waals surface area contributed by atoms with Crippen LogP contribution in [0.3, 0.4) is 0 Å². The maximum atomic E-state index is 12.5. The molecule has 0 aliphatic rings. The van der Waals surface area contributed by atoms with Gasteiger partial charge < -0.3 is 5.32 Å². The summed E-state index contributed by atoms with van der Waals surface area (Å²) in [6.45, 7) is 0.458. The zero-order chi connectivity index (χ0) is 16.3. The second-order valence-corrected chi connectivity index (χ2v) is 5.05. The quantitative estimate of drug-likeness (QED) is 0.767. The number of hydrogen-bond donors (Lipinski definition) is 1. The number of nitrogens with zero attached hydrogens (tertiary/aromatic N) is 2. The first-order chi connectivity index (χ1) is 11.0. The molecule has 118 valence electrons. The van der Waals surface area contributed by atoms with E-state index >= 15 is 0 Å². The molecule has 1 N–H and O–H groups in total. The molecule has 3 nitrogen and oxygen atoms in total. The Morgan fingerprint density at radius 1 is 0.957 bits per heavy atom. The van der Waals surface area contributed by atoms with Gasteiger partial charge in [-0.3, -0.25) is 0 Å². The van der Waals surface area contributed by atoms with Crippen molar-refractivity contribution in [1.29, 1.82) is 0 Å². The lowest BCUT2D eigenvalue weighted by atomic mass is 10.1. The third-order valence-electron chi connectivity index (χ3n) is 3.41. The molecular weight excluding hydrogens is 303 g/mol. The van der Waals surface area contributed by atoms with Gasteiger partial charge in [-0.25, -0.2) is 4.68 Å². The van der Waals surface area contributed by atoms with Crippen molar-refractivity contribution in [2.45, 2.75) is 12.7 Å². The van der Waals surface area contributed by atoms with Crippen molar-refractivity contribution in [3.8, 4) is 5.69 Å². The summed E-state index contributed by atoms with van der Waals surface area (Å²) in [5, 5.41) is 7.32. The van der Waals surface area contributed by atoms with Crippen molar-refractivity contribution in [3.05, 3.63) is 78.1 Å². The molecule has 0 aliphatic carbocycles. The molecule has 0 aliphatic heterocycles. The number of hydrogen-bond acceptors (Lipinski definition) is 2. The molecule has 0 atom stereocenters. The van der Waals surface area contributed by atoms with Gasteiger partial charge >= 0.3 is 6.18 Å². The smallest absolute Gasteiger partial charge is 0.381 e. The van der Waals surface area contributed by atoms with Crippen molar-refractivity contribution in [2.24, 2.45) is 0 Å². The van der Waals surface area contributed by atoms with Crippen LogP contribution >= 0.6 is 0 Å². The Morgan fingerprint density at radius 3 is 2.22 bits per heavy atom. The van der Waals surface area contributed by atoms with Crippen LogP contribution in [0.15, 0.2) is 67.0 Å². The van der Waals surface area contributed by atoms with Crippen molar-refractivity contribution < 1.29 is 13.2 Å². The minimum absolute atomic E-state index is 0.458. The fraction of sp³-hybridized carbons (Fsp3) is 0.118. The Bertz CT molecular complexity index is 745.